The van der Waals surface area contributed by atoms with Gasteiger partial charge in [0.15, 0.2) is 0 Å². The van der Waals surface area contributed by atoms with Crippen LogP contribution in [0.3, 0.4) is 0 Å². The van der Waals surface area contributed by atoms with Crippen LogP contribution in [-0.2, 0) is 19.1 Å². The summed E-state index contributed by atoms with van der Waals surface area (Å²) >= 11 is 0. The van der Waals surface area contributed by atoms with Crippen LogP contribution in [0, 0.1) is 34.0 Å². The van der Waals surface area contributed by atoms with Crippen LogP contribution in [0.1, 0.15) is 86.5 Å². The molecule has 4 nitrogen and oxygen atoms in total. The second-order valence-corrected chi connectivity index (χ2v) is 11.2. The Kier molecular flexibility index (Phi) is 4.94. The van der Waals surface area contributed by atoms with Crippen molar-refractivity contribution in [1.29, 1.82) is 0 Å². The Bertz CT molecular complexity index is 737. The number of ether oxygens (including phenoxy) is 2. The lowest BCUT2D eigenvalue weighted by molar-refractivity contribution is -0.160. The highest BCUT2D eigenvalue weighted by atomic mass is 16.5. The first-order valence-corrected chi connectivity index (χ1v) is 11.6. The topological polar surface area (TPSA) is 52.6 Å². The van der Waals surface area contributed by atoms with E-state index >= 15 is 0 Å². The molecule has 0 aromatic carbocycles. The summed E-state index contributed by atoms with van der Waals surface area (Å²) in [5.41, 5.74) is 1.71. The average Bonchev–Trinajstić information content (AvgIpc) is 2.93. The Balaban J connectivity index is 1.63. The molecule has 4 aliphatic rings. The Morgan fingerprint density at radius 2 is 1.52 bits per heavy atom. The molecular weight excluding hydrogens is 364 g/mol. The second kappa shape index (κ2) is 6.85. The van der Waals surface area contributed by atoms with Gasteiger partial charge in [0.1, 0.15) is 12.2 Å². The summed E-state index contributed by atoms with van der Waals surface area (Å²) in [7, 11) is 0. The Morgan fingerprint density at radius 3 is 2.17 bits per heavy atom. The van der Waals surface area contributed by atoms with Gasteiger partial charge in [0, 0.05) is 24.7 Å². The van der Waals surface area contributed by atoms with Gasteiger partial charge in [0.25, 0.3) is 0 Å². The molecule has 3 saturated carbocycles. The SMILES string of the molecule is CC(=O)O[C@H]1CC[C@]2(C)C(=CC[C@H]3[C@H]4CC[C@H](OC(C)=O)[C@@]4(C)CC[C@@H]32)C1(C)C. The van der Waals surface area contributed by atoms with Crippen LogP contribution in [0.4, 0.5) is 0 Å². The zero-order chi connectivity index (χ0) is 21.2. The largest absolute Gasteiger partial charge is 0.462 e. The number of rotatable bonds is 2. The fraction of sp³-hybridized carbons (Fsp3) is 0.840. The maximum absolute atomic E-state index is 11.7. The van der Waals surface area contributed by atoms with Crippen molar-refractivity contribution >= 4 is 11.9 Å². The van der Waals surface area contributed by atoms with Crippen molar-refractivity contribution in [1.82, 2.24) is 0 Å². The van der Waals surface area contributed by atoms with Crippen LogP contribution in [0.15, 0.2) is 11.6 Å². The van der Waals surface area contributed by atoms with Gasteiger partial charge in [-0.05, 0) is 68.1 Å². The number of fused-ring (bicyclic) bond motifs is 5. The van der Waals surface area contributed by atoms with E-state index in [4.69, 9.17) is 9.47 Å². The first kappa shape index (κ1) is 20.9. The molecule has 0 radical (unpaired) electrons. The van der Waals surface area contributed by atoms with Crippen molar-refractivity contribution in [2.45, 2.75) is 98.7 Å². The highest BCUT2D eigenvalue weighted by Gasteiger charge is 2.61. The number of esters is 2. The first-order valence-electron chi connectivity index (χ1n) is 11.6. The molecule has 0 amide bonds. The lowest BCUT2D eigenvalue weighted by atomic mass is 9.45. The van der Waals surface area contributed by atoms with E-state index in [1.807, 2.05) is 0 Å². The quantitative estimate of drug-likeness (QED) is 0.455. The van der Waals surface area contributed by atoms with Gasteiger partial charge in [0.05, 0.1) is 0 Å². The zero-order valence-electron chi connectivity index (χ0n) is 19.0. The lowest BCUT2D eigenvalue weighted by Crippen LogP contribution is -2.55. The van der Waals surface area contributed by atoms with Gasteiger partial charge in [-0.25, -0.2) is 0 Å². The minimum absolute atomic E-state index is 0.0236. The molecule has 0 aromatic heterocycles. The molecule has 7 atom stereocenters. The molecule has 0 heterocycles. The second-order valence-electron chi connectivity index (χ2n) is 11.2. The standard InChI is InChI=1S/C25H38O4/c1-15(26)28-21-12-14-24(5)19-11-13-25(6)18(8-10-22(25)29-16(2)27)17(19)7-9-20(24)23(21,3)4/h9,17-19,21-22H,7-8,10-14H2,1-6H3/t17-,18+,19-,21-,22-,24-,25-/m0/s1. The third kappa shape index (κ3) is 3.08. The van der Waals surface area contributed by atoms with Gasteiger partial charge >= 0.3 is 11.9 Å². The molecule has 162 valence electrons. The first-order chi connectivity index (χ1) is 13.5. The molecule has 4 heteroatoms. The molecule has 3 fully saturated rings. The Morgan fingerprint density at radius 1 is 0.862 bits per heavy atom. The van der Waals surface area contributed by atoms with Gasteiger partial charge < -0.3 is 9.47 Å². The van der Waals surface area contributed by atoms with Gasteiger partial charge in [-0.2, -0.15) is 0 Å². The van der Waals surface area contributed by atoms with E-state index in [-0.39, 0.29) is 40.4 Å². The average molecular weight is 403 g/mol. The highest BCUT2D eigenvalue weighted by Crippen LogP contribution is 2.67. The molecule has 29 heavy (non-hydrogen) atoms. The van der Waals surface area contributed by atoms with Crippen molar-refractivity contribution in [3.63, 3.8) is 0 Å². The molecule has 0 unspecified atom stereocenters. The van der Waals surface area contributed by atoms with Crippen molar-refractivity contribution in [2.75, 3.05) is 0 Å². The predicted octanol–water partition coefficient (Wildman–Crippen LogP) is 5.45. The van der Waals surface area contributed by atoms with Crippen molar-refractivity contribution < 1.29 is 19.1 Å². The third-order valence-electron chi connectivity index (χ3n) is 9.42. The van der Waals surface area contributed by atoms with Crippen LogP contribution < -0.4 is 0 Å². The van der Waals surface area contributed by atoms with Crippen molar-refractivity contribution in [3.05, 3.63) is 11.6 Å². The highest BCUT2D eigenvalue weighted by molar-refractivity contribution is 5.66. The number of carbonyl (C=O) groups is 2. The Labute approximate surface area is 175 Å². The van der Waals surface area contributed by atoms with Crippen LogP contribution >= 0.6 is 0 Å². The summed E-state index contributed by atoms with van der Waals surface area (Å²) in [6.45, 7) is 12.5. The molecule has 0 aromatic rings. The van der Waals surface area contributed by atoms with E-state index in [0.29, 0.717) is 17.8 Å². The third-order valence-corrected chi connectivity index (χ3v) is 9.42. The van der Waals surface area contributed by atoms with E-state index in [9.17, 15) is 9.59 Å². The minimum atomic E-state index is -0.170. The summed E-state index contributed by atoms with van der Waals surface area (Å²) in [5.74, 6) is 1.67. The minimum Gasteiger partial charge on any atom is -0.462 e. The molecule has 0 N–H and O–H groups in total. The maximum Gasteiger partial charge on any atom is 0.302 e. The van der Waals surface area contributed by atoms with Crippen molar-refractivity contribution in [3.8, 4) is 0 Å². The monoisotopic (exact) mass is 402 g/mol. The fourth-order valence-electron chi connectivity index (χ4n) is 8.13. The van der Waals surface area contributed by atoms with Gasteiger partial charge in [0.2, 0.25) is 0 Å². The molecule has 0 aliphatic heterocycles. The van der Waals surface area contributed by atoms with Crippen molar-refractivity contribution in [2.24, 2.45) is 34.0 Å². The summed E-state index contributed by atoms with van der Waals surface area (Å²) in [6, 6.07) is 0. The van der Waals surface area contributed by atoms with Crippen LogP contribution in [0.25, 0.3) is 0 Å². The molecular formula is C25H38O4. The molecule has 0 saturated heterocycles. The predicted molar refractivity (Wildman–Crippen MR) is 112 cm³/mol. The van der Waals surface area contributed by atoms with Crippen LogP contribution in [-0.4, -0.2) is 24.1 Å². The maximum atomic E-state index is 11.7. The zero-order valence-corrected chi connectivity index (χ0v) is 19.0. The normalized spacial score (nSPS) is 45.3. The summed E-state index contributed by atoms with van der Waals surface area (Å²) in [4.78, 5) is 23.3. The van der Waals surface area contributed by atoms with Gasteiger partial charge in [-0.15, -0.1) is 0 Å². The number of hydrogen-bond donors (Lipinski definition) is 0. The van der Waals surface area contributed by atoms with E-state index in [0.717, 1.165) is 32.1 Å². The van der Waals surface area contributed by atoms with Gasteiger partial charge in [-0.1, -0.05) is 39.3 Å². The van der Waals surface area contributed by atoms with E-state index < -0.39 is 0 Å². The smallest absolute Gasteiger partial charge is 0.302 e. The lowest BCUT2D eigenvalue weighted by Gasteiger charge is -2.61. The number of hydrogen-bond acceptors (Lipinski definition) is 4. The number of carbonyl (C=O) groups excluding carboxylic acids is 2. The van der Waals surface area contributed by atoms with E-state index in [1.165, 1.54) is 25.3 Å². The van der Waals surface area contributed by atoms with E-state index in [2.05, 4.69) is 33.8 Å². The molecule has 4 rings (SSSR count). The molecule has 0 bridgehead atoms. The molecule has 4 aliphatic carbocycles. The van der Waals surface area contributed by atoms with Gasteiger partial charge in [-0.3, -0.25) is 9.59 Å². The summed E-state index contributed by atoms with van der Waals surface area (Å²) in [6.07, 6.45) is 10.3. The van der Waals surface area contributed by atoms with Crippen LogP contribution in [0.2, 0.25) is 0 Å². The number of allylic oxidation sites excluding steroid dienone is 1. The fourth-order valence-corrected chi connectivity index (χ4v) is 8.13. The summed E-state index contributed by atoms with van der Waals surface area (Å²) < 4.78 is 11.5. The summed E-state index contributed by atoms with van der Waals surface area (Å²) in [5, 5.41) is 0. The molecule has 0 spiro atoms. The van der Waals surface area contributed by atoms with Crippen LogP contribution in [0.5, 0.6) is 0 Å². The Hall–Kier alpha value is -1.32. The van der Waals surface area contributed by atoms with E-state index in [1.54, 1.807) is 6.92 Å².